The van der Waals surface area contributed by atoms with Crippen molar-refractivity contribution in [1.29, 1.82) is 0 Å². The quantitative estimate of drug-likeness (QED) is 0.809. The molecule has 0 fully saturated rings. The minimum absolute atomic E-state index is 0.106. The minimum Gasteiger partial charge on any atom is -0.274 e. The van der Waals surface area contributed by atoms with Crippen LogP contribution in [0.1, 0.15) is 18.9 Å². The van der Waals surface area contributed by atoms with Crippen LogP contribution in [0.3, 0.4) is 0 Å². The summed E-state index contributed by atoms with van der Waals surface area (Å²) < 4.78 is 0. The average Bonchev–Trinajstić information content (AvgIpc) is 2.22. The van der Waals surface area contributed by atoms with Crippen LogP contribution in [0.2, 0.25) is 5.02 Å². The van der Waals surface area contributed by atoms with E-state index in [-0.39, 0.29) is 11.8 Å². The number of nitrogens with one attached hydrogen (secondary N) is 1. The number of fused-ring (bicyclic) bond motifs is 1. The van der Waals surface area contributed by atoms with Gasteiger partial charge >= 0.3 is 0 Å². The molecule has 0 aromatic heterocycles. The van der Waals surface area contributed by atoms with Crippen molar-refractivity contribution >= 4 is 29.1 Å². The third-order valence-corrected chi connectivity index (χ3v) is 2.64. The van der Waals surface area contributed by atoms with Crippen molar-refractivity contribution in [2.24, 2.45) is 0 Å². The monoisotopic (exact) mass is 238 g/mol. The molecule has 0 atom stereocenters. The van der Waals surface area contributed by atoms with Gasteiger partial charge in [-0.2, -0.15) is 0 Å². The summed E-state index contributed by atoms with van der Waals surface area (Å²) >= 11 is 5.88. The van der Waals surface area contributed by atoms with Gasteiger partial charge in [0.25, 0.3) is 0 Å². The van der Waals surface area contributed by atoms with E-state index in [1.54, 1.807) is 12.1 Å². The van der Waals surface area contributed by atoms with E-state index >= 15 is 0 Å². The summed E-state index contributed by atoms with van der Waals surface area (Å²) in [5, 5.41) is 1.92. The number of benzene rings is 1. The Morgan fingerprint density at radius 2 is 2.19 bits per heavy atom. The van der Waals surface area contributed by atoms with Crippen LogP contribution >= 0.6 is 11.6 Å². The lowest BCUT2D eigenvalue weighted by Gasteiger charge is -2.29. The molecule has 0 aliphatic carbocycles. The van der Waals surface area contributed by atoms with Crippen molar-refractivity contribution in [1.82, 2.24) is 5.43 Å². The van der Waals surface area contributed by atoms with Crippen molar-refractivity contribution in [2.75, 3.05) is 5.01 Å². The highest BCUT2D eigenvalue weighted by Crippen LogP contribution is 2.28. The standard InChI is InChI=1S/C11H11ClN2O2/c1-7(15)13-14-10-4-3-9(12)6-8(10)2-5-11(14)16/h3-4,6H,2,5H2,1H3,(H,13,15). The predicted molar refractivity (Wildman–Crippen MR) is 61.1 cm³/mol. The molecule has 4 nitrogen and oxygen atoms in total. The lowest BCUT2D eigenvalue weighted by Crippen LogP contribution is -2.47. The van der Waals surface area contributed by atoms with E-state index in [1.165, 1.54) is 11.9 Å². The van der Waals surface area contributed by atoms with Gasteiger partial charge in [0.15, 0.2) is 0 Å². The highest BCUT2D eigenvalue weighted by atomic mass is 35.5. The Labute approximate surface area is 98.2 Å². The molecule has 2 rings (SSSR count). The van der Waals surface area contributed by atoms with E-state index in [4.69, 9.17) is 11.6 Å². The Morgan fingerprint density at radius 1 is 1.44 bits per heavy atom. The maximum absolute atomic E-state index is 11.7. The molecule has 0 bridgehead atoms. The van der Waals surface area contributed by atoms with Gasteiger partial charge in [-0.1, -0.05) is 11.6 Å². The van der Waals surface area contributed by atoms with Crippen molar-refractivity contribution in [2.45, 2.75) is 19.8 Å². The second-order valence-electron chi connectivity index (χ2n) is 3.67. The average molecular weight is 239 g/mol. The molecule has 0 unspecified atom stereocenters. The molecule has 16 heavy (non-hydrogen) atoms. The van der Waals surface area contributed by atoms with Crippen LogP contribution in [0.4, 0.5) is 5.69 Å². The third kappa shape index (κ3) is 2.02. The van der Waals surface area contributed by atoms with Crippen LogP contribution in [-0.4, -0.2) is 11.8 Å². The molecule has 0 spiro atoms. The number of halogens is 1. The molecule has 1 N–H and O–H groups in total. The van der Waals surface area contributed by atoms with Crippen LogP contribution < -0.4 is 10.4 Å². The zero-order valence-electron chi connectivity index (χ0n) is 8.79. The van der Waals surface area contributed by atoms with Gasteiger partial charge in [0.2, 0.25) is 11.8 Å². The summed E-state index contributed by atoms with van der Waals surface area (Å²) in [6, 6.07) is 5.26. The molecule has 5 heteroatoms. The van der Waals surface area contributed by atoms with Gasteiger partial charge in [0.1, 0.15) is 0 Å². The van der Waals surface area contributed by atoms with Gasteiger partial charge in [-0.3, -0.25) is 15.0 Å². The Balaban J connectivity index is 2.40. The first-order valence-electron chi connectivity index (χ1n) is 4.96. The Morgan fingerprint density at radius 3 is 2.88 bits per heavy atom. The maximum atomic E-state index is 11.7. The number of amides is 2. The van der Waals surface area contributed by atoms with E-state index in [2.05, 4.69) is 5.43 Å². The fraction of sp³-hybridized carbons (Fsp3) is 0.273. The fourth-order valence-electron chi connectivity index (χ4n) is 1.74. The van der Waals surface area contributed by atoms with Gasteiger partial charge in [0, 0.05) is 18.4 Å². The second kappa shape index (κ2) is 4.14. The van der Waals surface area contributed by atoms with Gasteiger partial charge in [-0.15, -0.1) is 0 Å². The zero-order chi connectivity index (χ0) is 11.7. The van der Waals surface area contributed by atoms with E-state index in [0.717, 1.165) is 5.56 Å². The predicted octanol–water partition coefficient (Wildman–Crippen LogP) is 1.67. The number of carbonyl (C=O) groups is 2. The van der Waals surface area contributed by atoms with Gasteiger partial charge in [-0.25, -0.2) is 5.01 Å². The first-order chi connectivity index (χ1) is 7.58. The van der Waals surface area contributed by atoms with Crippen molar-refractivity contribution in [3.63, 3.8) is 0 Å². The molecular weight excluding hydrogens is 228 g/mol. The molecule has 0 radical (unpaired) electrons. The highest BCUT2D eigenvalue weighted by molar-refractivity contribution is 6.30. The van der Waals surface area contributed by atoms with E-state index in [0.29, 0.717) is 23.6 Å². The SMILES string of the molecule is CC(=O)NN1C(=O)CCc2cc(Cl)ccc21. The number of carbonyl (C=O) groups excluding carboxylic acids is 2. The van der Waals surface area contributed by atoms with E-state index in [1.807, 2.05) is 6.07 Å². The topological polar surface area (TPSA) is 49.4 Å². The second-order valence-corrected chi connectivity index (χ2v) is 4.11. The summed E-state index contributed by atoms with van der Waals surface area (Å²) in [4.78, 5) is 22.7. The number of hydrogen-bond acceptors (Lipinski definition) is 2. The van der Waals surface area contributed by atoms with Gasteiger partial charge < -0.3 is 0 Å². The Bertz CT molecular complexity index is 459. The molecular formula is C11H11ClN2O2. The number of hydrazine groups is 1. The summed E-state index contributed by atoms with van der Waals surface area (Å²) in [6.07, 6.45) is 1.04. The molecule has 0 saturated heterocycles. The largest absolute Gasteiger partial charge is 0.274 e. The molecule has 84 valence electrons. The minimum atomic E-state index is -0.267. The summed E-state index contributed by atoms with van der Waals surface area (Å²) in [6.45, 7) is 1.37. The summed E-state index contributed by atoms with van der Waals surface area (Å²) in [5.41, 5.74) is 4.19. The molecule has 0 saturated carbocycles. The molecule has 1 heterocycles. The van der Waals surface area contributed by atoms with Crippen LogP contribution in [-0.2, 0) is 16.0 Å². The summed E-state index contributed by atoms with van der Waals surface area (Å²) in [7, 11) is 0. The van der Waals surface area contributed by atoms with Crippen molar-refractivity contribution < 1.29 is 9.59 Å². The van der Waals surface area contributed by atoms with Gasteiger partial charge in [0.05, 0.1) is 5.69 Å². The van der Waals surface area contributed by atoms with Crippen molar-refractivity contribution in [3.8, 4) is 0 Å². The first-order valence-corrected chi connectivity index (χ1v) is 5.34. The zero-order valence-corrected chi connectivity index (χ0v) is 9.54. The molecule has 1 aromatic carbocycles. The number of anilines is 1. The van der Waals surface area contributed by atoms with Gasteiger partial charge in [-0.05, 0) is 30.2 Å². The van der Waals surface area contributed by atoms with Crippen LogP contribution in [0.5, 0.6) is 0 Å². The lowest BCUT2D eigenvalue weighted by molar-refractivity contribution is -0.125. The smallest absolute Gasteiger partial charge is 0.246 e. The third-order valence-electron chi connectivity index (χ3n) is 2.41. The highest BCUT2D eigenvalue weighted by Gasteiger charge is 2.24. The fourth-order valence-corrected chi connectivity index (χ4v) is 1.93. The number of nitrogens with zero attached hydrogens (tertiary/aromatic N) is 1. The van der Waals surface area contributed by atoms with E-state index < -0.39 is 0 Å². The molecule has 1 aliphatic rings. The number of rotatable bonds is 1. The Kier molecular flexibility index (Phi) is 2.83. The normalized spacial score (nSPS) is 14.6. The first kappa shape index (κ1) is 11.0. The number of hydrogen-bond donors (Lipinski definition) is 1. The Hall–Kier alpha value is -1.55. The van der Waals surface area contributed by atoms with Crippen LogP contribution in [0, 0.1) is 0 Å². The lowest BCUT2D eigenvalue weighted by atomic mass is 10.0. The van der Waals surface area contributed by atoms with Crippen LogP contribution in [0.25, 0.3) is 0 Å². The summed E-state index contributed by atoms with van der Waals surface area (Å²) in [5.74, 6) is -0.374. The van der Waals surface area contributed by atoms with Crippen molar-refractivity contribution in [3.05, 3.63) is 28.8 Å². The molecule has 2 amide bonds. The molecule has 1 aromatic rings. The molecule has 1 aliphatic heterocycles. The van der Waals surface area contributed by atoms with Crippen LogP contribution in [0.15, 0.2) is 18.2 Å². The maximum Gasteiger partial charge on any atom is 0.246 e. The number of aryl methyl sites for hydroxylation is 1. The van der Waals surface area contributed by atoms with E-state index in [9.17, 15) is 9.59 Å².